The first-order valence-corrected chi connectivity index (χ1v) is 10.9. The first kappa shape index (κ1) is 21.1. The van der Waals surface area contributed by atoms with Gasteiger partial charge in [0.15, 0.2) is 6.10 Å². The van der Waals surface area contributed by atoms with Gasteiger partial charge in [0.2, 0.25) is 5.88 Å². The maximum Gasteiger partial charge on any atom is 0.287 e. The number of halogens is 2. The Kier molecular flexibility index (Phi) is 5.50. The number of benzene rings is 3. The number of piperidine rings is 1. The Hall–Kier alpha value is -3.80. The van der Waals surface area contributed by atoms with Crippen LogP contribution in [0.4, 0.5) is 8.78 Å². The maximum atomic E-state index is 14.8. The average Bonchev–Trinajstić information content (AvgIpc) is 2.85. The molecule has 1 amide bonds. The summed E-state index contributed by atoms with van der Waals surface area (Å²) in [5.41, 5.74) is 2.82. The molecule has 4 aromatic rings. The van der Waals surface area contributed by atoms with E-state index in [0.717, 1.165) is 16.5 Å². The molecule has 0 aliphatic carbocycles. The summed E-state index contributed by atoms with van der Waals surface area (Å²) in [7, 11) is 0. The fourth-order valence-corrected chi connectivity index (χ4v) is 4.15. The standard InChI is InChI=1S/C27H22F2N2O2/c28-27(29)16-17-31(18-24(27)33-25-15-14-20-10-4-7-13-23(20)30-25)26(32)22-12-6-5-11-21(22)19-8-2-1-3-9-19/h1-15,24H,16-18H2. The van der Waals surface area contributed by atoms with E-state index < -0.39 is 18.4 Å². The molecule has 3 aromatic carbocycles. The zero-order chi connectivity index (χ0) is 22.8. The predicted molar refractivity (Wildman–Crippen MR) is 124 cm³/mol. The molecular formula is C27H22F2N2O2. The molecule has 0 saturated carbocycles. The molecule has 0 bridgehead atoms. The van der Waals surface area contributed by atoms with Crippen LogP contribution in [0.25, 0.3) is 22.0 Å². The van der Waals surface area contributed by atoms with Crippen LogP contribution >= 0.6 is 0 Å². The quantitative estimate of drug-likeness (QED) is 0.398. The number of alkyl halides is 2. The highest BCUT2D eigenvalue weighted by Crippen LogP contribution is 2.33. The van der Waals surface area contributed by atoms with Gasteiger partial charge in [-0.15, -0.1) is 0 Å². The van der Waals surface area contributed by atoms with Gasteiger partial charge in [0.05, 0.1) is 12.1 Å². The summed E-state index contributed by atoms with van der Waals surface area (Å²) in [6.45, 7) is -0.260. The van der Waals surface area contributed by atoms with Crippen molar-refractivity contribution in [2.24, 2.45) is 0 Å². The first-order chi connectivity index (χ1) is 16.0. The largest absolute Gasteiger partial charge is 0.466 e. The molecule has 1 saturated heterocycles. The minimum Gasteiger partial charge on any atom is -0.466 e. The summed E-state index contributed by atoms with van der Waals surface area (Å²) in [4.78, 5) is 19.2. The molecule has 33 heavy (non-hydrogen) atoms. The lowest BCUT2D eigenvalue weighted by Gasteiger charge is -2.38. The second kappa shape index (κ2) is 8.62. The van der Waals surface area contributed by atoms with E-state index in [0.29, 0.717) is 11.1 Å². The Morgan fingerprint density at radius 1 is 0.909 bits per heavy atom. The number of nitrogens with zero attached hydrogens (tertiary/aromatic N) is 2. The molecule has 2 heterocycles. The third-order valence-corrected chi connectivity index (χ3v) is 5.94. The topological polar surface area (TPSA) is 42.4 Å². The van der Waals surface area contributed by atoms with Gasteiger partial charge in [-0.25, -0.2) is 13.8 Å². The Balaban J connectivity index is 1.40. The molecule has 166 valence electrons. The highest BCUT2D eigenvalue weighted by atomic mass is 19.3. The Morgan fingerprint density at radius 3 is 2.48 bits per heavy atom. The third-order valence-electron chi connectivity index (χ3n) is 5.94. The van der Waals surface area contributed by atoms with Crippen molar-refractivity contribution in [3.8, 4) is 17.0 Å². The van der Waals surface area contributed by atoms with Crippen molar-refractivity contribution in [3.63, 3.8) is 0 Å². The van der Waals surface area contributed by atoms with Crippen LogP contribution in [-0.2, 0) is 0 Å². The number of pyridine rings is 1. The van der Waals surface area contributed by atoms with Crippen molar-refractivity contribution in [2.45, 2.75) is 18.4 Å². The summed E-state index contributed by atoms with van der Waals surface area (Å²) < 4.78 is 35.2. The maximum absolute atomic E-state index is 14.8. The SMILES string of the molecule is O=C(c1ccccc1-c1ccccc1)N1CCC(F)(F)C(Oc2ccc3ccccc3n2)C1. The van der Waals surface area contributed by atoms with Gasteiger partial charge in [-0.1, -0.05) is 66.7 Å². The fraction of sp³-hybridized carbons (Fsp3) is 0.185. The van der Waals surface area contributed by atoms with E-state index in [4.69, 9.17) is 4.74 Å². The second-order valence-electron chi connectivity index (χ2n) is 8.12. The van der Waals surface area contributed by atoms with Gasteiger partial charge in [-0.2, -0.15) is 0 Å². The van der Waals surface area contributed by atoms with Crippen LogP contribution in [0.1, 0.15) is 16.8 Å². The van der Waals surface area contributed by atoms with Gasteiger partial charge in [0.1, 0.15) is 0 Å². The Bertz CT molecular complexity index is 1290. The van der Waals surface area contributed by atoms with Crippen LogP contribution in [0.3, 0.4) is 0 Å². The lowest BCUT2D eigenvalue weighted by molar-refractivity contribution is -0.131. The van der Waals surface area contributed by atoms with Crippen molar-refractivity contribution in [3.05, 3.63) is 96.6 Å². The average molecular weight is 444 g/mol. The lowest BCUT2D eigenvalue weighted by Crippen LogP contribution is -2.55. The van der Waals surface area contributed by atoms with E-state index in [2.05, 4.69) is 4.98 Å². The monoisotopic (exact) mass is 444 g/mol. The minimum atomic E-state index is -3.07. The van der Waals surface area contributed by atoms with E-state index in [1.165, 1.54) is 4.90 Å². The molecular weight excluding hydrogens is 422 g/mol. The molecule has 1 aliphatic heterocycles. The smallest absolute Gasteiger partial charge is 0.287 e. The van der Waals surface area contributed by atoms with E-state index >= 15 is 0 Å². The molecule has 1 atom stereocenters. The van der Waals surface area contributed by atoms with Crippen LogP contribution < -0.4 is 4.74 Å². The molecule has 6 heteroatoms. The second-order valence-corrected chi connectivity index (χ2v) is 8.12. The molecule has 1 aromatic heterocycles. The zero-order valence-electron chi connectivity index (χ0n) is 17.8. The molecule has 1 fully saturated rings. The number of fused-ring (bicyclic) bond motifs is 1. The molecule has 4 nitrogen and oxygen atoms in total. The van der Waals surface area contributed by atoms with Gasteiger partial charge in [-0.3, -0.25) is 4.79 Å². The summed E-state index contributed by atoms with van der Waals surface area (Å²) in [5, 5.41) is 0.898. The number of ether oxygens (including phenoxy) is 1. The van der Waals surface area contributed by atoms with Gasteiger partial charge in [0.25, 0.3) is 11.8 Å². The minimum absolute atomic E-state index is 0.0417. The number of likely N-dealkylation sites (tertiary alicyclic amines) is 1. The zero-order valence-corrected chi connectivity index (χ0v) is 17.8. The van der Waals surface area contributed by atoms with E-state index in [9.17, 15) is 13.6 Å². The molecule has 1 unspecified atom stereocenters. The van der Waals surface area contributed by atoms with Crippen molar-refractivity contribution in [2.75, 3.05) is 13.1 Å². The number of rotatable bonds is 4. The number of amides is 1. The number of carbonyl (C=O) groups excluding carboxylic acids is 1. The Morgan fingerprint density at radius 2 is 1.64 bits per heavy atom. The molecule has 0 radical (unpaired) electrons. The normalized spacial score (nSPS) is 17.6. The summed E-state index contributed by atoms with van der Waals surface area (Å²) in [5.74, 6) is -3.23. The first-order valence-electron chi connectivity index (χ1n) is 10.9. The lowest BCUT2D eigenvalue weighted by atomic mass is 9.97. The number of carbonyl (C=O) groups is 1. The van der Waals surface area contributed by atoms with Crippen LogP contribution in [0.5, 0.6) is 5.88 Å². The van der Waals surface area contributed by atoms with Crippen molar-refractivity contribution < 1.29 is 18.3 Å². The van der Waals surface area contributed by atoms with Gasteiger partial charge in [0, 0.05) is 30.0 Å². The molecule has 0 spiro atoms. The summed E-state index contributed by atoms with van der Waals surface area (Å²) in [6, 6.07) is 27.6. The van der Waals surface area contributed by atoms with Crippen molar-refractivity contribution >= 4 is 16.8 Å². The van der Waals surface area contributed by atoms with Crippen LogP contribution in [0, 0.1) is 0 Å². The number of hydrogen-bond acceptors (Lipinski definition) is 3. The fourth-order valence-electron chi connectivity index (χ4n) is 4.15. The van der Waals surface area contributed by atoms with E-state index in [-0.39, 0.29) is 24.9 Å². The number of hydrogen-bond donors (Lipinski definition) is 0. The van der Waals surface area contributed by atoms with Crippen LogP contribution in [-0.4, -0.2) is 40.9 Å². The highest BCUT2D eigenvalue weighted by Gasteiger charge is 2.47. The molecule has 0 N–H and O–H groups in total. The van der Waals surface area contributed by atoms with E-state index in [1.54, 1.807) is 30.3 Å². The molecule has 1 aliphatic rings. The third kappa shape index (κ3) is 4.29. The summed E-state index contributed by atoms with van der Waals surface area (Å²) >= 11 is 0. The van der Waals surface area contributed by atoms with Gasteiger partial charge < -0.3 is 9.64 Å². The Labute approximate surface area is 190 Å². The van der Waals surface area contributed by atoms with Crippen molar-refractivity contribution in [1.82, 2.24) is 9.88 Å². The van der Waals surface area contributed by atoms with E-state index in [1.807, 2.05) is 60.7 Å². The summed E-state index contributed by atoms with van der Waals surface area (Å²) in [6.07, 6.45) is -1.95. The highest BCUT2D eigenvalue weighted by molar-refractivity contribution is 6.01. The van der Waals surface area contributed by atoms with Crippen molar-refractivity contribution in [1.29, 1.82) is 0 Å². The number of para-hydroxylation sites is 1. The predicted octanol–water partition coefficient (Wildman–Crippen LogP) is 5.83. The van der Waals surface area contributed by atoms with Gasteiger partial charge >= 0.3 is 0 Å². The number of aromatic nitrogens is 1. The van der Waals surface area contributed by atoms with Crippen LogP contribution in [0.15, 0.2) is 91.0 Å². The van der Waals surface area contributed by atoms with Gasteiger partial charge in [-0.05, 0) is 29.3 Å². The molecule has 5 rings (SSSR count). The van der Waals surface area contributed by atoms with Crippen LogP contribution in [0.2, 0.25) is 0 Å².